The molecule has 0 fully saturated rings. The maximum absolute atomic E-state index is 11.3. The molecule has 0 rings (SSSR count). The summed E-state index contributed by atoms with van der Waals surface area (Å²) in [5.41, 5.74) is 7.26. The van der Waals surface area contributed by atoms with Gasteiger partial charge in [0.25, 0.3) is 0 Å². The normalized spacial score (nSPS) is 13.2. The molecule has 0 aromatic rings. The molecule has 88 valence electrons. The van der Waals surface area contributed by atoms with Crippen molar-refractivity contribution < 1.29 is 9.53 Å². The fourth-order valence-electron chi connectivity index (χ4n) is 0.814. The van der Waals surface area contributed by atoms with Crippen molar-refractivity contribution >= 4 is 6.09 Å². The third-order valence-electron chi connectivity index (χ3n) is 1.93. The second-order valence-corrected chi connectivity index (χ2v) is 4.72. The van der Waals surface area contributed by atoms with Crippen LogP contribution in [0.2, 0.25) is 0 Å². The number of nitrogens with one attached hydrogen (secondary N) is 1. The average molecular weight is 214 g/mol. The van der Waals surface area contributed by atoms with Gasteiger partial charge in [0, 0.05) is 12.1 Å². The largest absolute Gasteiger partial charge is 0.445 e. The van der Waals surface area contributed by atoms with Crippen molar-refractivity contribution in [3.05, 3.63) is 11.1 Å². The van der Waals surface area contributed by atoms with Crippen molar-refractivity contribution in [1.29, 1.82) is 0 Å². The summed E-state index contributed by atoms with van der Waals surface area (Å²) in [6.45, 7) is 10.3. The highest BCUT2D eigenvalue weighted by Crippen LogP contribution is 2.03. The fraction of sp³-hybridized carbons (Fsp3) is 0.727. The van der Waals surface area contributed by atoms with E-state index in [1.54, 1.807) is 0 Å². The summed E-state index contributed by atoms with van der Waals surface area (Å²) in [7, 11) is 0. The smallest absolute Gasteiger partial charge is 0.407 e. The Morgan fingerprint density at radius 3 is 2.20 bits per heavy atom. The summed E-state index contributed by atoms with van der Waals surface area (Å²) in [6, 6.07) is 0. The molecule has 0 aliphatic heterocycles. The summed E-state index contributed by atoms with van der Waals surface area (Å²) in [5, 5.41) is 2.72. The maximum atomic E-state index is 11.3. The number of carbonyl (C=O) groups is 1. The van der Waals surface area contributed by atoms with E-state index in [0.29, 0.717) is 13.2 Å². The number of hydrogen-bond donors (Lipinski definition) is 2. The van der Waals surface area contributed by atoms with Gasteiger partial charge < -0.3 is 15.8 Å². The number of rotatable bonds is 3. The molecule has 4 heteroatoms. The Morgan fingerprint density at radius 1 is 1.27 bits per heavy atom. The molecule has 0 unspecified atom stereocenters. The molecule has 0 saturated heterocycles. The lowest BCUT2D eigenvalue weighted by Crippen LogP contribution is -2.41. The third kappa shape index (κ3) is 6.96. The van der Waals surface area contributed by atoms with Crippen LogP contribution in [0.15, 0.2) is 11.1 Å². The van der Waals surface area contributed by atoms with E-state index in [1.807, 2.05) is 34.6 Å². The quantitative estimate of drug-likeness (QED) is 0.704. The fourth-order valence-corrected chi connectivity index (χ4v) is 0.814. The van der Waals surface area contributed by atoms with Crippen LogP contribution >= 0.6 is 0 Å². The molecule has 4 nitrogen and oxygen atoms in total. The van der Waals surface area contributed by atoms with Gasteiger partial charge in [0.15, 0.2) is 0 Å². The van der Waals surface area contributed by atoms with Crippen molar-refractivity contribution in [2.75, 3.05) is 13.2 Å². The lowest BCUT2D eigenvalue weighted by Gasteiger charge is -2.20. The minimum Gasteiger partial charge on any atom is -0.445 e. The Kier molecular flexibility index (Phi) is 5.36. The lowest BCUT2D eigenvalue weighted by molar-refractivity contribution is 0.146. The van der Waals surface area contributed by atoms with Gasteiger partial charge in [0.05, 0.1) is 0 Å². The molecular formula is C11H22N2O2. The number of nitrogens with two attached hydrogens (primary N) is 1. The first-order valence-electron chi connectivity index (χ1n) is 5.06. The predicted molar refractivity (Wildman–Crippen MR) is 61.7 cm³/mol. The molecular weight excluding hydrogens is 192 g/mol. The summed E-state index contributed by atoms with van der Waals surface area (Å²) in [6.07, 6.45) is -0.397. The summed E-state index contributed by atoms with van der Waals surface area (Å²) < 4.78 is 5.04. The zero-order valence-corrected chi connectivity index (χ0v) is 10.3. The molecule has 0 aromatic heterocycles. The van der Waals surface area contributed by atoms with Crippen LogP contribution in [0.25, 0.3) is 0 Å². The number of alkyl carbamates (subject to hydrolysis) is 1. The van der Waals surface area contributed by atoms with Crippen LogP contribution in [-0.4, -0.2) is 24.8 Å². The van der Waals surface area contributed by atoms with E-state index in [1.165, 1.54) is 0 Å². The summed E-state index contributed by atoms with van der Waals surface area (Å²) in [5.74, 6) is 0. The van der Waals surface area contributed by atoms with Gasteiger partial charge in [-0.3, -0.25) is 0 Å². The van der Waals surface area contributed by atoms with E-state index < -0.39 is 6.09 Å². The van der Waals surface area contributed by atoms with Gasteiger partial charge in [-0.1, -0.05) is 5.57 Å². The van der Waals surface area contributed by atoms with Crippen LogP contribution in [0.1, 0.15) is 34.6 Å². The number of ether oxygens (including phenoxy) is 1. The Balaban J connectivity index is 4.03. The molecule has 15 heavy (non-hydrogen) atoms. The number of carbonyl (C=O) groups excluding carboxylic acids is 1. The van der Waals surface area contributed by atoms with Crippen LogP contribution in [0.5, 0.6) is 0 Å². The molecule has 0 radical (unpaired) electrons. The van der Waals surface area contributed by atoms with Gasteiger partial charge in [0.1, 0.15) is 6.61 Å². The van der Waals surface area contributed by atoms with Gasteiger partial charge in [-0.25, -0.2) is 4.79 Å². The van der Waals surface area contributed by atoms with E-state index >= 15 is 0 Å². The molecule has 0 atom stereocenters. The molecule has 0 bridgehead atoms. The maximum Gasteiger partial charge on any atom is 0.407 e. The van der Waals surface area contributed by atoms with Crippen molar-refractivity contribution in [2.45, 2.75) is 40.2 Å². The lowest BCUT2D eigenvalue weighted by atomic mass is 10.1. The van der Waals surface area contributed by atoms with Gasteiger partial charge in [-0.2, -0.15) is 0 Å². The first kappa shape index (κ1) is 14.0. The van der Waals surface area contributed by atoms with Gasteiger partial charge in [-0.05, 0) is 40.2 Å². The molecule has 0 aliphatic carbocycles. The highest BCUT2D eigenvalue weighted by Gasteiger charge is 2.14. The van der Waals surface area contributed by atoms with Crippen LogP contribution in [0.3, 0.4) is 0 Å². The van der Waals surface area contributed by atoms with Crippen LogP contribution in [0, 0.1) is 0 Å². The second kappa shape index (κ2) is 5.75. The van der Waals surface area contributed by atoms with Crippen LogP contribution < -0.4 is 11.1 Å². The molecule has 3 N–H and O–H groups in total. The first-order valence-corrected chi connectivity index (χ1v) is 5.06. The Morgan fingerprint density at radius 2 is 1.80 bits per heavy atom. The van der Waals surface area contributed by atoms with E-state index in [-0.39, 0.29) is 5.54 Å². The van der Waals surface area contributed by atoms with Crippen molar-refractivity contribution in [3.63, 3.8) is 0 Å². The van der Waals surface area contributed by atoms with Crippen molar-refractivity contribution in [3.8, 4) is 0 Å². The number of amides is 1. The monoisotopic (exact) mass is 214 g/mol. The van der Waals surface area contributed by atoms with Crippen molar-refractivity contribution in [2.24, 2.45) is 5.73 Å². The van der Waals surface area contributed by atoms with E-state index in [0.717, 1.165) is 11.1 Å². The minimum absolute atomic E-state index is 0.266. The molecule has 0 saturated carbocycles. The van der Waals surface area contributed by atoms with Gasteiger partial charge in [0.2, 0.25) is 0 Å². The van der Waals surface area contributed by atoms with E-state index in [9.17, 15) is 4.79 Å². The molecule has 1 amide bonds. The Hall–Kier alpha value is -1.03. The van der Waals surface area contributed by atoms with E-state index in [4.69, 9.17) is 10.5 Å². The highest BCUT2D eigenvalue weighted by molar-refractivity contribution is 5.68. The Bertz CT molecular complexity index is 252. The topological polar surface area (TPSA) is 64.3 Å². The van der Waals surface area contributed by atoms with Crippen molar-refractivity contribution in [1.82, 2.24) is 5.32 Å². The average Bonchev–Trinajstić information content (AvgIpc) is 2.10. The minimum atomic E-state index is -0.397. The second-order valence-electron chi connectivity index (χ2n) is 4.72. The predicted octanol–water partition coefficient (Wildman–Crippen LogP) is 1.81. The zero-order chi connectivity index (χ0) is 12.1. The van der Waals surface area contributed by atoms with Crippen LogP contribution in [-0.2, 0) is 4.74 Å². The zero-order valence-electron chi connectivity index (χ0n) is 10.3. The molecule has 0 aromatic carbocycles. The number of hydrogen-bond acceptors (Lipinski definition) is 3. The summed E-state index contributed by atoms with van der Waals surface area (Å²) >= 11 is 0. The van der Waals surface area contributed by atoms with Crippen LogP contribution in [0.4, 0.5) is 4.79 Å². The summed E-state index contributed by atoms with van der Waals surface area (Å²) in [4.78, 5) is 11.3. The van der Waals surface area contributed by atoms with E-state index in [2.05, 4.69) is 5.32 Å². The molecule has 0 heterocycles. The molecule has 0 spiro atoms. The SMILES string of the molecule is C/C(CN)=C(/C)COC(=O)NC(C)(C)C. The molecule has 0 aliphatic rings. The third-order valence-corrected chi connectivity index (χ3v) is 1.93. The van der Waals surface area contributed by atoms with Gasteiger partial charge in [-0.15, -0.1) is 0 Å². The first-order chi connectivity index (χ1) is 6.76. The Labute approximate surface area is 91.9 Å². The van der Waals surface area contributed by atoms with Gasteiger partial charge >= 0.3 is 6.09 Å². The standard InChI is InChI=1S/C11H22N2O2/c1-8(6-12)9(2)7-15-10(14)13-11(3,4)5/h6-7,12H2,1-5H3,(H,13,14)/b9-8+. The highest BCUT2D eigenvalue weighted by atomic mass is 16.5.